The Balaban J connectivity index is 1.73. The molecule has 3 rings (SSSR count). The van der Waals surface area contributed by atoms with E-state index in [1.54, 1.807) is 0 Å². The smallest absolute Gasteiger partial charge is 0.0623 e. The van der Waals surface area contributed by atoms with Gasteiger partial charge in [0.25, 0.3) is 0 Å². The average Bonchev–Trinajstić information content (AvgIpc) is 2.38. The Morgan fingerprint density at radius 1 is 1.26 bits per heavy atom. The van der Waals surface area contributed by atoms with E-state index in [0.717, 1.165) is 32.6 Å². The fraction of sp³-hybridized carbons (Fsp3) is 0.625. The van der Waals surface area contributed by atoms with E-state index in [1.807, 2.05) is 7.11 Å². The fourth-order valence-corrected chi connectivity index (χ4v) is 3.41. The Morgan fingerprint density at radius 3 is 2.63 bits per heavy atom. The Labute approximate surface area is 115 Å². The number of ether oxygens (including phenoxy) is 2. The van der Waals surface area contributed by atoms with Crippen LogP contribution in [0.3, 0.4) is 0 Å². The molecule has 2 saturated heterocycles. The van der Waals surface area contributed by atoms with Crippen molar-refractivity contribution in [1.82, 2.24) is 4.90 Å². The van der Waals surface area contributed by atoms with Crippen LogP contribution in [0.25, 0.3) is 0 Å². The molecule has 104 valence electrons. The van der Waals surface area contributed by atoms with Gasteiger partial charge < -0.3 is 9.47 Å². The maximum Gasteiger partial charge on any atom is 0.0623 e. The summed E-state index contributed by atoms with van der Waals surface area (Å²) in [7, 11) is 1.83. The molecule has 0 aromatic heterocycles. The molecular formula is C16H23NO2. The lowest BCUT2D eigenvalue weighted by Gasteiger charge is -2.48. The number of hydrogen-bond donors (Lipinski definition) is 0. The lowest BCUT2D eigenvalue weighted by molar-refractivity contribution is -0.115. The van der Waals surface area contributed by atoms with Gasteiger partial charge >= 0.3 is 0 Å². The van der Waals surface area contributed by atoms with Crippen LogP contribution in [0.2, 0.25) is 0 Å². The largest absolute Gasteiger partial charge is 0.381 e. The zero-order valence-electron chi connectivity index (χ0n) is 11.8. The highest BCUT2D eigenvalue weighted by Crippen LogP contribution is 2.30. The molecule has 3 atom stereocenters. The monoisotopic (exact) mass is 261 g/mol. The number of fused-ring (bicyclic) bond motifs is 2. The van der Waals surface area contributed by atoms with E-state index in [0.29, 0.717) is 18.2 Å². The molecule has 0 saturated carbocycles. The zero-order valence-corrected chi connectivity index (χ0v) is 11.8. The summed E-state index contributed by atoms with van der Waals surface area (Å²) >= 11 is 0. The summed E-state index contributed by atoms with van der Waals surface area (Å²) in [6.45, 7) is 4.89. The van der Waals surface area contributed by atoms with Crippen LogP contribution in [-0.2, 0) is 16.0 Å². The SMILES string of the molecule is COC1C[C@H]2COC[C@@H](C1)N2Cc1cccc(C)c1. The minimum atomic E-state index is 0.410. The van der Waals surface area contributed by atoms with Gasteiger partial charge in [0.2, 0.25) is 0 Å². The highest BCUT2D eigenvalue weighted by atomic mass is 16.5. The maximum absolute atomic E-state index is 5.72. The van der Waals surface area contributed by atoms with Crippen molar-refractivity contribution in [1.29, 1.82) is 0 Å². The predicted octanol–water partition coefficient (Wildman–Crippen LogP) is 2.37. The van der Waals surface area contributed by atoms with Crippen molar-refractivity contribution in [3.63, 3.8) is 0 Å². The van der Waals surface area contributed by atoms with Crippen LogP contribution >= 0.6 is 0 Å². The summed E-state index contributed by atoms with van der Waals surface area (Å²) in [6, 6.07) is 9.85. The molecule has 2 bridgehead atoms. The van der Waals surface area contributed by atoms with Crippen molar-refractivity contribution in [2.45, 2.75) is 44.5 Å². The minimum absolute atomic E-state index is 0.410. The van der Waals surface area contributed by atoms with Gasteiger partial charge in [-0.1, -0.05) is 29.8 Å². The third-order valence-electron chi connectivity index (χ3n) is 4.41. The molecule has 0 amide bonds. The molecule has 2 heterocycles. The molecule has 0 spiro atoms. The molecule has 0 N–H and O–H groups in total. The first kappa shape index (κ1) is 13.1. The summed E-state index contributed by atoms with van der Waals surface area (Å²) in [5.41, 5.74) is 2.75. The Morgan fingerprint density at radius 2 is 2.00 bits per heavy atom. The normalized spacial score (nSPS) is 31.4. The van der Waals surface area contributed by atoms with Crippen LogP contribution in [0.1, 0.15) is 24.0 Å². The number of methoxy groups -OCH3 is 1. The molecule has 19 heavy (non-hydrogen) atoms. The van der Waals surface area contributed by atoms with Crippen LogP contribution in [0.5, 0.6) is 0 Å². The highest BCUT2D eigenvalue weighted by Gasteiger charge is 2.38. The maximum atomic E-state index is 5.72. The van der Waals surface area contributed by atoms with Crippen LogP contribution in [0.15, 0.2) is 24.3 Å². The second-order valence-electron chi connectivity index (χ2n) is 5.84. The number of benzene rings is 1. The molecule has 2 aliphatic heterocycles. The van der Waals surface area contributed by atoms with E-state index >= 15 is 0 Å². The molecule has 0 radical (unpaired) electrons. The van der Waals surface area contributed by atoms with Gasteiger partial charge in [0.05, 0.1) is 19.3 Å². The number of nitrogens with zero attached hydrogens (tertiary/aromatic N) is 1. The zero-order chi connectivity index (χ0) is 13.2. The van der Waals surface area contributed by atoms with Crippen LogP contribution in [0.4, 0.5) is 0 Å². The van der Waals surface area contributed by atoms with Crippen molar-refractivity contribution in [3.8, 4) is 0 Å². The number of piperidine rings is 1. The van der Waals surface area contributed by atoms with E-state index in [-0.39, 0.29) is 0 Å². The van der Waals surface area contributed by atoms with Crippen LogP contribution in [-0.4, -0.2) is 43.4 Å². The minimum Gasteiger partial charge on any atom is -0.381 e. The molecule has 2 aliphatic rings. The second-order valence-corrected chi connectivity index (χ2v) is 5.84. The predicted molar refractivity (Wildman–Crippen MR) is 75.1 cm³/mol. The van der Waals surface area contributed by atoms with Crippen LogP contribution < -0.4 is 0 Å². The fourth-order valence-electron chi connectivity index (χ4n) is 3.41. The lowest BCUT2D eigenvalue weighted by Crippen LogP contribution is -2.57. The molecule has 3 nitrogen and oxygen atoms in total. The number of aryl methyl sites for hydroxylation is 1. The Bertz CT molecular complexity index is 421. The third-order valence-corrected chi connectivity index (χ3v) is 4.41. The summed E-state index contributed by atoms with van der Waals surface area (Å²) < 4.78 is 11.3. The molecule has 1 unspecified atom stereocenters. The van der Waals surface area contributed by atoms with Gasteiger partial charge in [-0.05, 0) is 25.3 Å². The van der Waals surface area contributed by atoms with Crippen molar-refractivity contribution >= 4 is 0 Å². The first-order chi connectivity index (χ1) is 9.26. The summed E-state index contributed by atoms with van der Waals surface area (Å²) in [5.74, 6) is 0. The van der Waals surface area contributed by atoms with E-state index in [1.165, 1.54) is 11.1 Å². The van der Waals surface area contributed by atoms with Crippen molar-refractivity contribution in [2.75, 3.05) is 20.3 Å². The van der Waals surface area contributed by atoms with Gasteiger partial charge in [0, 0.05) is 25.7 Å². The molecular weight excluding hydrogens is 238 g/mol. The second kappa shape index (κ2) is 5.61. The van der Waals surface area contributed by atoms with Gasteiger partial charge in [-0.3, -0.25) is 4.90 Å². The standard InChI is InChI=1S/C16H23NO2/c1-12-4-3-5-13(6-12)9-17-14-7-16(18-2)8-15(17)11-19-10-14/h3-6,14-16H,7-11H2,1-2H3/t14-,15+,16?. The molecule has 2 fully saturated rings. The van der Waals surface area contributed by atoms with Gasteiger partial charge in [-0.15, -0.1) is 0 Å². The van der Waals surface area contributed by atoms with E-state index in [2.05, 4.69) is 36.1 Å². The van der Waals surface area contributed by atoms with E-state index < -0.39 is 0 Å². The van der Waals surface area contributed by atoms with Crippen LogP contribution in [0, 0.1) is 6.92 Å². The van der Waals surface area contributed by atoms with E-state index in [9.17, 15) is 0 Å². The van der Waals surface area contributed by atoms with Gasteiger partial charge in [0.15, 0.2) is 0 Å². The molecule has 0 aliphatic carbocycles. The Hall–Kier alpha value is -0.900. The Kier molecular flexibility index (Phi) is 3.87. The summed E-state index contributed by atoms with van der Waals surface area (Å²) in [5, 5.41) is 0. The summed E-state index contributed by atoms with van der Waals surface area (Å²) in [6.07, 6.45) is 2.60. The molecule has 3 heteroatoms. The first-order valence-electron chi connectivity index (χ1n) is 7.18. The molecule has 1 aromatic carbocycles. The van der Waals surface area contributed by atoms with Gasteiger partial charge in [-0.2, -0.15) is 0 Å². The van der Waals surface area contributed by atoms with Crippen molar-refractivity contribution < 1.29 is 9.47 Å². The third kappa shape index (κ3) is 2.83. The topological polar surface area (TPSA) is 21.7 Å². The van der Waals surface area contributed by atoms with Gasteiger partial charge in [-0.25, -0.2) is 0 Å². The molecule has 1 aromatic rings. The number of morpholine rings is 1. The lowest BCUT2D eigenvalue weighted by atomic mass is 9.91. The van der Waals surface area contributed by atoms with E-state index in [4.69, 9.17) is 9.47 Å². The van der Waals surface area contributed by atoms with Crippen molar-refractivity contribution in [3.05, 3.63) is 35.4 Å². The highest BCUT2D eigenvalue weighted by molar-refractivity contribution is 5.22. The number of hydrogen-bond acceptors (Lipinski definition) is 3. The average molecular weight is 261 g/mol. The quantitative estimate of drug-likeness (QED) is 0.834. The number of rotatable bonds is 3. The van der Waals surface area contributed by atoms with Gasteiger partial charge in [0.1, 0.15) is 0 Å². The van der Waals surface area contributed by atoms with Crippen molar-refractivity contribution in [2.24, 2.45) is 0 Å². The summed E-state index contributed by atoms with van der Waals surface area (Å²) in [4.78, 5) is 2.62. The first-order valence-corrected chi connectivity index (χ1v) is 7.18.